The van der Waals surface area contributed by atoms with Crippen molar-refractivity contribution in [1.29, 1.82) is 0 Å². The van der Waals surface area contributed by atoms with Gasteiger partial charge in [-0.2, -0.15) is 5.10 Å². The molecule has 0 unspecified atom stereocenters. The van der Waals surface area contributed by atoms with Crippen LogP contribution in [0.1, 0.15) is 24.8 Å². The van der Waals surface area contributed by atoms with Crippen molar-refractivity contribution in [2.24, 2.45) is 0 Å². The molecule has 1 aliphatic rings. The summed E-state index contributed by atoms with van der Waals surface area (Å²) < 4.78 is 0. The van der Waals surface area contributed by atoms with Crippen LogP contribution in [-0.2, 0) is 11.2 Å². The number of aromatic nitrogens is 2. The van der Waals surface area contributed by atoms with Gasteiger partial charge in [0.1, 0.15) is 5.82 Å². The van der Waals surface area contributed by atoms with E-state index in [0.29, 0.717) is 12.5 Å². The molecular weight excluding hydrogens is 288 g/mol. The Kier molecular flexibility index (Phi) is 5.19. The van der Waals surface area contributed by atoms with Gasteiger partial charge in [-0.15, -0.1) is 5.10 Å². The molecule has 1 saturated heterocycles. The van der Waals surface area contributed by atoms with Crippen LogP contribution in [0.4, 0.5) is 5.82 Å². The first-order valence-electron chi connectivity index (χ1n) is 8.17. The third-order valence-corrected chi connectivity index (χ3v) is 4.24. The van der Waals surface area contributed by atoms with Crippen LogP contribution in [0.5, 0.6) is 0 Å². The van der Waals surface area contributed by atoms with Crippen molar-refractivity contribution in [2.75, 3.05) is 18.4 Å². The van der Waals surface area contributed by atoms with Gasteiger partial charge in [0.05, 0.1) is 0 Å². The first-order chi connectivity index (χ1) is 11.3. The minimum absolute atomic E-state index is 0.256. The first kappa shape index (κ1) is 15.5. The van der Waals surface area contributed by atoms with Crippen LogP contribution in [0.25, 0.3) is 0 Å². The average Bonchev–Trinajstić information content (AvgIpc) is 2.62. The Morgan fingerprint density at radius 2 is 1.91 bits per heavy atom. The van der Waals surface area contributed by atoms with Gasteiger partial charge in [0.15, 0.2) is 0 Å². The van der Waals surface area contributed by atoms with E-state index in [9.17, 15) is 4.79 Å². The second kappa shape index (κ2) is 7.72. The third-order valence-electron chi connectivity index (χ3n) is 4.24. The average molecular weight is 310 g/mol. The van der Waals surface area contributed by atoms with Crippen LogP contribution >= 0.6 is 0 Å². The molecule has 3 rings (SSSR count). The zero-order chi connectivity index (χ0) is 15.9. The first-order valence-corrected chi connectivity index (χ1v) is 8.17. The van der Waals surface area contributed by atoms with E-state index in [1.807, 2.05) is 35.2 Å². The van der Waals surface area contributed by atoms with E-state index in [2.05, 4.69) is 27.6 Å². The quantitative estimate of drug-likeness (QED) is 0.922. The topological polar surface area (TPSA) is 58.1 Å². The number of amides is 1. The monoisotopic (exact) mass is 310 g/mol. The standard InChI is InChI=1S/C18H22N4O/c23-18(9-8-15-5-2-1-3-6-15)22-13-10-16(11-14-22)20-17-7-4-12-19-21-17/h1-7,12,16H,8-11,13-14H2,(H,20,21). The van der Waals surface area contributed by atoms with E-state index >= 15 is 0 Å². The molecular formula is C18H22N4O. The zero-order valence-electron chi connectivity index (χ0n) is 13.2. The van der Waals surface area contributed by atoms with Gasteiger partial charge >= 0.3 is 0 Å². The molecule has 0 atom stereocenters. The van der Waals surface area contributed by atoms with Gasteiger partial charge in [0.25, 0.3) is 0 Å². The largest absolute Gasteiger partial charge is 0.366 e. The van der Waals surface area contributed by atoms with Crippen LogP contribution in [-0.4, -0.2) is 40.1 Å². The highest BCUT2D eigenvalue weighted by molar-refractivity contribution is 5.76. The van der Waals surface area contributed by atoms with Crippen molar-refractivity contribution < 1.29 is 4.79 Å². The molecule has 1 N–H and O–H groups in total. The Morgan fingerprint density at radius 1 is 1.13 bits per heavy atom. The van der Waals surface area contributed by atoms with Gasteiger partial charge in [-0.25, -0.2) is 0 Å². The van der Waals surface area contributed by atoms with Crippen molar-refractivity contribution in [3.05, 3.63) is 54.2 Å². The maximum absolute atomic E-state index is 12.3. The fraction of sp³-hybridized carbons (Fsp3) is 0.389. The third kappa shape index (κ3) is 4.52. The van der Waals surface area contributed by atoms with Gasteiger partial charge in [0, 0.05) is 31.7 Å². The maximum atomic E-state index is 12.3. The molecule has 1 fully saturated rings. The number of piperidine rings is 1. The Bertz CT molecular complexity index is 609. The number of nitrogens with zero attached hydrogens (tertiary/aromatic N) is 3. The van der Waals surface area contributed by atoms with Crippen LogP contribution in [0.15, 0.2) is 48.7 Å². The van der Waals surface area contributed by atoms with Crippen molar-refractivity contribution in [2.45, 2.75) is 31.7 Å². The highest BCUT2D eigenvalue weighted by Crippen LogP contribution is 2.16. The van der Waals surface area contributed by atoms with E-state index < -0.39 is 0 Å². The number of hydrogen-bond acceptors (Lipinski definition) is 4. The molecule has 5 nitrogen and oxygen atoms in total. The molecule has 120 valence electrons. The smallest absolute Gasteiger partial charge is 0.222 e. The molecule has 0 spiro atoms. The summed E-state index contributed by atoms with van der Waals surface area (Å²) in [5, 5.41) is 11.3. The Hall–Kier alpha value is -2.43. The summed E-state index contributed by atoms with van der Waals surface area (Å²) >= 11 is 0. The molecule has 2 aromatic rings. The molecule has 5 heteroatoms. The summed E-state index contributed by atoms with van der Waals surface area (Å²) in [6, 6.07) is 14.3. The number of anilines is 1. The summed E-state index contributed by atoms with van der Waals surface area (Å²) in [7, 11) is 0. The number of likely N-dealkylation sites (tertiary alicyclic amines) is 1. The zero-order valence-corrected chi connectivity index (χ0v) is 13.2. The fourth-order valence-electron chi connectivity index (χ4n) is 2.91. The predicted molar refractivity (Wildman–Crippen MR) is 90.0 cm³/mol. The minimum Gasteiger partial charge on any atom is -0.366 e. The molecule has 1 aromatic carbocycles. The highest BCUT2D eigenvalue weighted by atomic mass is 16.2. The normalized spacial score (nSPS) is 15.4. The summed E-state index contributed by atoms with van der Waals surface area (Å²) in [5.74, 6) is 1.06. The van der Waals surface area contributed by atoms with Crippen molar-refractivity contribution in [1.82, 2.24) is 15.1 Å². The van der Waals surface area contributed by atoms with E-state index in [4.69, 9.17) is 0 Å². The predicted octanol–water partition coefficient (Wildman–Crippen LogP) is 2.51. The highest BCUT2D eigenvalue weighted by Gasteiger charge is 2.22. The second-order valence-electron chi connectivity index (χ2n) is 5.89. The van der Waals surface area contributed by atoms with Crippen molar-refractivity contribution in [3.8, 4) is 0 Å². The molecule has 1 aromatic heterocycles. The fourth-order valence-corrected chi connectivity index (χ4v) is 2.91. The van der Waals surface area contributed by atoms with Gasteiger partial charge in [-0.3, -0.25) is 4.79 Å². The molecule has 1 aliphatic heterocycles. The van der Waals surface area contributed by atoms with E-state index in [-0.39, 0.29) is 5.91 Å². The van der Waals surface area contributed by atoms with Crippen LogP contribution in [0.2, 0.25) is 0 Å². The number of rotatable bonds is 5. The van der Waals surface area contributed by atoms with Crippen LogP contribution in [0.3, 0.4) is 0 Å². The number of nitrogens with one attached hydrogen (secondary N) is 1. The molecule has 1 amide bonds. The van der Waals surface area contributed by atoms with Crippen molar-refractivity contribution in [3.63, 3.8) is 0 Å². The summed E-state index contributed by atoms with van der Waals surface area (Å²) in [5.41, 5.74) is 1.22. The maximum Gasteiger partial charge on any atom is 0.222 e. The molecule has 0 aliphatic carbocycles. The lowest BCUT2D eigenvalue weighted by atomic mass is 10.0. The second-order valence-corrected chi connectivity index (χ2v) is 5.89. The molecule has 0 saturated carbocycles. The lowest BCUT2D eigenvalue weighted by molar-refractivity contribution is -0.132. The Morgan fingerprint density at radius 3 is 2.61 bits per heavy atom. The minimum atomic E-state index is 0.256. The molecule has 0 radical (unpaired) electrons. The summed E-state index contributed by atoms with van der Waals surface area (Å²) in [6.45, 7) is 1.62. The number of benzene rings is 1. The Balaban J connectivity index is 1.42. The lowest BCUT2D eigenvalue weighted by Gasteiger charge is -2.32. The van der Waals surface area contributed by atoms with Gasteiger partial charge in [0.2, 0.25) is 5.91 Å². The Labute approximate surface area is 136 Å². The number of carbonyl (C=O) groups is 1. The molecule has 2 heterocycles. The number of carbonyl (C=O) groups excluding carboxylic acids is 1. The number of hydrogen-bond donors (Lipinski definition) is 1. The van der Waals surface area contributed by atoms with Crippen LogP contribution < -0.4 is 5.32 Å². The summed E-state index contributed by atoms with van der Waals surface area (Å²) in [6.07, 6.45) is 4.98. The van der Waals surface area contributed by atoms with Gasteiger partial charge in [-0.05, 0) is 37.0 Å². The lowest BCUT2D eigenvalue weighted by Crippen LogP contribution is -2.42. The SMILES string of the molecule is O=C(CCc1ccccc1)N1CCC(Nc2cccnn2)CC1. The summed E-state index contributed by atoms with van der Waals surface area (Å²) in [4.78, 5) is 14.3. The van der Waals surface area contributed by atoms with Crippen molar-refractivity contribution >= 4 is 11.7 Å². The van der Waals surface area contributed by atoms with E-state index in [1.54, 1.807) is 6.20 Å². The van der Waals surface area contributed by atoms with Gasteiger partial charge in [-0.1, -0.05) is 30.3 Å². The molecule has 0 bridgehead atoms. The van der Waals surface area contributed by atoms with E-state index in [0.717, 1.165) is 38.2 Å². The van der Waals surface area contributed by atoms with Crippen LogP contribution in [0, 0.1) is 0 Å². The van der Waals surface area contributed by atoms with E-state index in [1.165, 1.54) is 5.56 Å². The number of aryl methyl sites for hydroxylation is 1. The molecule has 23 heavy (non-hydrogen) atoms. The van der Waals surface area contributed by atoms with Gasteiger partial charge < -0.3 is 10.2 Å².